The van der Waals surface area contributed by atoms with Gasteiger partial charge in [0.15, 0.2) is 5.70 Å². The molecule has 0 aliphatic carbocycles. The number of carbonyl (C=O) groups is 1. The summed E-state index contributed by atoms with van der Waals surface area (Å²) < 4.78 is 44.2. The Balaban J connectivity index is 0.000000934. The largest absolute Gasteiger partial charge is 0.378 e. The number of rotatable bonds is 8. The lowest BCUT2D eigenvalue weighted by Crippen LogP contribution is -2.58. The van der Waals surface area contributed by atoms with E-state index < -0.39 is 17.5 Å². The Bertz CT molecular complexity index is 1890. The zero-order valence-corrected chi connectivity index (χ0v) is 31.3. The molecule has 5 aromatic carbocycles. The Kier molecular flexibility index (Phi) is 13.4. The summed E-state index contributed by atoms with van der Waals surface area (Å²) in [6.07, 6.45) is 0. The number of halogens is 1. The van der Waals surface area contributed by atoms with Crippen LogP contribution in [0.3, 0.4) is 0 Å². The quantitative estimate of drug-likeness (QED) is 0.109. The van der Waals surface area contributed by atoms with Gasteiger partial charge in [-0.2, -0.15) is 14.0 Å². The van der Waals surface area contributed by atoms with Gasteiger partial charge in [-0.3, -0.25) is 4.79 Å². The first-order valence-electron chi connectivity index (χ1n) is 17.6. The van der Waals surface area contributed by atoms with E-state index in [-0.39, 0.29) is 5.91 Å². The van der Waals surface area contributed by atoms with Crippen LogP contribution >= 0.6 is 7.26 Å². The number of benzene rings is 5. The standard InChI is InChI=1S/C42H41N3O3P.ClHO4/c46-42(45-28-32-48-33-29-45)39(43-41(35-18-8-2-9-19-35)44-26-30-47-31-27-44)40(34-16-6-1-7-17-34)49(36-20-10-3-11-21-36,37-22-12-4-13-23-37)38-24-14-5-15-25-38;2-1(3,4)5/h1-25H,26-33H2;(H,2,3,4,5)/q+1;. The molecule has 5 aromatic rings. The van der Waals surface area contributed by atoms with Gasteiger partial charge in [-0.15, -0.1) is 0 Å². The van der Waals surface area contributed by atoms with Gasteiger partial charge in [0.2, 0.25) is 0 Å². The minimum Gasteiger partial charge on any atom is -0.378 e. The van der Waals surface area contributed by atoms with E-state index in [1.54, 1.807) is 0 Å². The maximum atomic E-state index is 15.4. The van der Waals surface area contributed by atoms with Crippen molar-refractivity contribution in [2.45, 2.75) is 0 Å². The summed E-state index contributed by atoms with van der Waals surface area (Å²) in [6, 6.07) is 52.8. The van der Waals surface area contributed by atoms with Crippen LogP contribution in [0.15, 0.2) is 162 Å². The van der Waals surface area contributed by atoms with Crippen LogP contribution in [0, 0.1) is 10.2 Å². The Morgan fingerprint density at radius 1 is 0.556 bits per heavy atom. The first-order valence-corrected chi connectivity index (χ1v) is 20.7. The molecule has 0 saturated carbocycles. The molecule has 7 rings (SSSR count). The number of carbonyl (C=O) groups excluding carboxylic acids is 1. The van der Waals surface area contributed by atoms with Crippen molar-refractivity contribution in [1.29, 1.82) is 0 Å². The van der Waals surface area contributed by atoms with Crippen LogP contribution in [0.25, 0.3) is 5.31 Å². The fraction of sp³-hybridized carbons (Fsp3) is 0.190. The number of hydrogen-bond acceptors (Lipinski definition) is 8. The molecule has 2 heterocycles. The SMILES string of the molecule is O=C(C(N=C(c1ccccc1)N1CCOCC1)=C(c1ccccc1)[P+](c1ccccc1)(c1ccccc1)c1ccccc1)N1CCOCC1.[O-][Cl+3]([O-])([O-])O. The molecule has 2 saturated heterocycles. The molecule has 0 spiro atoms. The van der Waals surface area contributed by atoms with E-state index in [1.165, 1.54) is 0 Å². The molecule has 0 radical (unpaired) electrons. The van der Waals surface area contributed by atoms with Gasteiger partial charge in [0.25, 0.3) is 5.91 Å². The fourth-order valence-electron chi connectivity index (χ4n) is 6.78. The summed E-state index contributed by atoms with van der Waals surface area (Å²) in [4.78, 5) is 25.2. The van der Waals surface area contributed by atoms with E-state index in [2.05, 4.69) is 132 Å². The molecular weight excluding hydrogens is 725 g/mol. The molecular formula is C42H42ClN3O7P+. The zero-order chi connectivity index (χ0) is 37.8. The van der Waals surface area contributed by atoms with Crippen molar-refractivity contribution < 1.29 is 43.1 Å². The third-order valence-corrected chi connectivity index (χ3v) is 13.5. The van der Waals surface area contributed by atoms with E-state index in [1.807, 2.05) is 29.2 Å². The number of amidine groups is 1. The lowest BCUT2D eigenvalue weighted by molar-refractivity contribution is -1.92. The Morgan fingerprint density at radius 3 is 1.28 bits per heavy atom. The monoisotopic (exact) mass is 766 g/mol. The van der Waals surface area contributed by atoms with Crippen molar-refractivity contribution in [3.8, 4) is 0 Å². The number of hydrogen-bond donors (Lipinski definition) is 1. The average Bonchev–Trinajstić information content (AvgIpc) is 3.22. The van der Waals surface area contributed by atoms with Crippen LogP contribution in [-0.2, 0) is 14.3 Å². The Hall–Kier alpha value is -4.74. The van der Waals surface area contributed by atoms with E-state index in [0.717, 1.165) is 38.2 Å². The number of morpholine rings is 2. The second-order valence-electron chi connectivity index (χ2n) is 12.4. The summed E-state index contributed by atoms with van der Waals surface area (Å²) in [5.74, 6) is 0.692. The highest BCUT2D eigenvalue weighted by molar-refractivity contribution is 8.03. The molecule has 2 aliphatic rings. The molecule has 1 N–H and O–H groups in total. The molecule has 1 amide bonds. The molecule has 10 nitrogen and oxygen atoms in total. The van der Waals surface area contributed by atoms with Gasteiger partial charge in [0.05, 0.1) is 41.3 Å². The number of aliphatic imine (C=N–C) groups is 1. The van der Waals surface area contributed by atoms with Crippen molar-refractivity contribution in [3.63, 3.8) is 0 Å². The highest BCUT2D eigenvalue weighted by atomic mass is 35.7. The second kappa shape index (κ2) is 18.5. The molecule has 54 heavy (non-hydrogen) atoms. The van der Waals surface area contributed by atoms with Gasteiger partial charge in [0.1, 0.15) is 34.3 Å². The summed E-state index contributed by atoms with van der Waals surface area (Å²) in [5, 5.41) is 4.40. The average molecular weight is 767 g/mol. The van der Waals surface area contributed by atoms with Gasteiger partial charge in [-0.25, -0.2) is 4.99 Å². The van der Waals surface area contributed by atoms with Gasteiger partial charge < -0.3 is 19.3 Å². The van der Waals surface area contributed by atoms with Crippen molar-refractivity contribution in [2.75, 3.05) is 52.6 Å². The normalized spacial score (nSPS) is 15.8. The van der Waals surface area contributed by atoms with Crippen LogP contribution in [0.1, 0.15) is 11.1 Å². The van der Waals surface area contributed by atoms with E-state index in [9.17, 15) is 0 Å². The number of ether oxygens (including phenoxy) is 2. The van der Waals surface area contributed by atoms with Crippen LogP contribution < -0.4 is 29.9 Å². The third kappa shape index (κ3) is 9.49. The second-order valence-corrected chi connectivity index (χ2v) is 16.6. The highest BCUT2D eigenvalue weighted by Gasteiger charge is 2.53. The van der Waals surface area contributed by atoms with Gasteiger partial charge in [-0.05, 0) is 36.4 Å². The summed E-state index contributed by atoms with van der Waals surface area (Å²) in [5.41, 5.74) is 2.40. The van der Waals surface area contributed by atoms with E-state index in [0.29, 0.717) is 58.3 Å². The first-order chi connectivity index (χ1) is 26.3. The maximum absolute atomic E-state index is 15.4. The first kappa shape index (κ1) is 39.0. The topological polar surface area (TPSA) is 144 Å². The number of amides is 1. The Labute approximate surface area is 318 Å². The molecule has 0 aromatic heterocycles. The number of nitrogens with zero attached hydrogens (tertiary/aromatic N) is 3. The lowest BCUT2D eigenvalue weighted by atomic mass is 10.1. The van der Waals surface area contributed by atoms with Gasteiger partial charge in [-0.1, -0.05) is 115 Å². The third-order valence-electron chi connectivity index (χ3n) is 9.10. The molecule has 0 unspecified atom stereocenters. The predicted molar refractivity (Wildman–Crippen MR) is 203 cm³/mol. The molecule has 0 bridgehead atoms. The molecule has 278 valence electrons. The molecule has 2 aliphatic heterocycles. The minimum absolute atomic E-state index is 0.0870. The van der Waals surface area contributed by atoms with Crippen LogP contribution in [0.4, 0.5) is 0 Å². The lowest BCUT2D eigenvalue weighted by Gasteiger charge is -2.34. The molecule has 12 heteroatoms. The van der Waals surface area contributed by atoms with Gasteiger partial charge in [0, 0.05) is 37.3 Å². The van der Waals surface area contributed by atoms with E-state index in [4.69, 9.17) is 33.1 Å². The summed E-state index contributed by atoms with van der Waals surface area (Å²) in [7, 11) is -7.48. The van der Waals surface area contributed by atoms with Crippen molar-refractivity contribution in [2.24, 2.45) is 4.99 Å². The van der Waals surface area contributed by atoms with Crippen molar-refractivity contribution >= 4 is 40.2 Å². The van der Waals surface area contributed by atoms with Crippen LogP contribution in [0.5, 0.6) is 0 Å². The summed E-state index contributed by atoms with van der Waals surface area (Å²) >= 11 is 0. The van der Waals surface area contributed by atoms with Crippen molar-refractivity contribution in [3.05, 3.63) is 168 Å². The van der Waals surface area contributed by atoms with Crippen molar-refractivity contribution in [1.82, 2.24) is 9.80 Å². The smallest absolute Gasteiger partial charge is 0.276 e. The summed E-state index contributed by atoms with van der Waals surface area (Å²) in [6.45, 7) is 4.57. The van der Waals surface area contributed by atoms with Crippen LogP contribution in [-0.4, -0.2) is 78.8 Å². The predicted octanol–water partition coefficient (Wildman–Crippen LogP) is 1.86. The van der Waals surface area contributed by atoms with E-state index >= 15 is 4.79 Å². The van der Waals surface area contributed by atoms with Crippen LogP contribution in [0.2, 0.25) is 0 Å². The highest BCUT2D eigenvalue weighted by Crippen LogP contribution is 2.67. The molecule has 0 atom stereocenters. The zero-order valence-electron chi connectivity index (χ0n) is 29.7. The molecule has 2 fully saturated rings. The van der Waals surface area contributed by atoms with Gasteiger partial charge >= 0.3 is 0 Å². The Morgan fingerprint density at radius 2 is 0.889 bits per heavy atom. The fourth-order valence-corrected chi connectivity index (χ4v) is 11.3. The maximum Gasteiger partial charge on any atom is 0.276 e. The minimum atomic E-state index is -4.69.